The highest BCUT2D eigenvalue weighted by atomic mass is 35.5. The number of carbonyl (C=O) groups is 1. The quantitative estimate of drug-likeness (QED) is 0.662. The molecule has 1 aliphatic carbocycles. The van der Waals surface area contributed by atoms with E-state index in [-0.39, 0.29) is 0 Å². The van der Waals surface area contributed by atoms with Crippen LogP contribution in [0.3, 0.4) is 0 Å². The van der Waals surface area contributed by atoms with E-state index in [0.717, 1.165) is 24.8 Å². The van der Waals surface area contributed by atoms with Crippen LogP contribution in [0.2, 0.25) is 5.02 Å². The highest BCUT2D eigenvalue weighted by Gasteiger charge is 2.39. The number of aliphatic imine (C=N–C) groups is 1. The molecular formula is C16H19ClN2O3. The average Bonchev–Trinajstić information content (AvgIpc) is 2.34. The maximum atomic E-state index is 11.9. The van der Waals surface area contributed by atoms with Gasteiger partial charge in [0.25, 0.3) is 0 Å². The Bertz CT molecular complexity index is 627. The molecule has 2 rings (SSSR count). The molecule has 0 bridgehead atoms. The zero-order valence-corrected chi connectivity index (χ0v) is 13.7. The number of carbonyl (C=O) groups excluding carboxylic acids is 2. The average molecular weight is 323 g/mol. The normalized spacial score (nSPS) is 16.2. The van der Waals surface area contributed by atoms with Crippen molar-refractivity contribution in [2.45, 2.75) is 51.2 Å². The van der Waals surface area contributed by atoms with E-state index >= 15 is 0 Å². The summed E-state index contributed by atoms with van der Waals surface area (Å²) < 4.78 is 5.22. The second kappa shape index (κ2) is 6.11. The molecule has 0 spiro atoms. The number of halogens is 1. The lowest BCUT2D eigenvalue weighted by atomic mass is 9.72. The van der Waals surface area contributed by atoms with Crippen LogP contribution in [0.25, 0.3) is 0 Å². The van der Waals surface area contributed by atoms with E-state index in [0.29, 0.717) is 10.7 Å². The van der Waals surface area contributed by atoms with Crippen molar-refractivity contribution in [1.29, 1.82) is 0 Å². The van der Waals surface area contributed by atoms with Crippen LogP contribution in [0.1, 0.15) is 45.6 Å². The van der Waals surface area contributed by atoms with Gasteiger partial charge >= 0.3 is 6.09 Å². The number of amides is 1. The van der Waals surface area contributed by atoms with Crippen molar-refractivity contribution in [2.24, 2.45) is 4.99 Å². The van der Waals surface area contributed by atoms with Crippen molar-refractivity contribution in [2.75, 3.05) is 5.32 Å². The fraction of sp³-hybridized carbons (Fsp3) is 0.500. The van der Waals surface area contributed by atoms with Gasteiger partial charge in [-0.15, -0.1) is 0 Å². The minimum absolute atomic E-state index is 0.402. The zero-order chi connectivity index (χ0) is 16.4. The molecule has 0 aromatic heterocycles. The first-order valence-electron chi connectivity index (χ1n) is 7.15. The van der Waals surface area contributed by atoms with Gasteiger partial charge in [0.15, 0.2) is 0 Å². The Kier molecular flexibility index (Phi) is 4.59. The zero-order valence-electron chi connectivity index (χ0n) is 12.9. The molecule has 0 radical (unpaired) electrons. The maximum Gasteiger partial charge on any atom is 0.412 e. The molecule has 22 heavy (non-hydrogen) atoms. The predicted molar refractivity (Wildman–Crippen MR) is 85.0 cm³/mol. The van der Waals surface area contributed by atoms with Crippen molar-refractivity contribution in [3.05, 3.63) is 28.8 Å². The van der Waals surface area contributed by atoms with Gasteiger partial charge in [-0.3, -0.25) is 5.32 Å². The molecule has 118 valence electrons. The third-order valence-corrected chi connectivity index (χ3v) is 3.91. The number of hydrogen-bond acceptors (Lipinski definition) is 4. The monoisotopic (exact) mass is 322 g/mol. The highest BCUT2D eigenvalue weighted by molar-refractivity contribution is 6.33. The Hall–Kier alpha value is -1.84. The summed E-state index contributed by atoms with van der Waals surface area (Å²) in [5.41, 5.74) is 0.167. The first-order chi connectivity index (χ1) is 10.3. The summed E-state index contributed by atoms with van der Waals surface area (Å²) in [5, 5.41) is 3.04. The molecule has 1 aliphatic rings. The lowest BCUT2D eigenvalue weighted by Gasteiger charge is -2.37. The summed E-state index contributed by atoms with van der Waals surface area (Å²) >= 11 is 6.12. The maximum absolute atomic E-state index is 11.9. The van der Waals surface area contributed by atoms with Crippen LogP contribution in [-0.2, 0) is 15.1 Å². The van der Waals surface area contributed by atoms with Crippen molar-refractivity contribution < 1.29 is 14.3 Å². The molecule has 1 saturated carbocycles. The Morgan fingerprint density at radius 3 is 2.59 bits per heavy atom. The molecule has 0 heterocycles. The number of ether oxygens (including phenoxy) is 1. The van der Waals surface area contributed by atoms with Crippen molar-refractivity contribution >= 4 is 29.5 Å². The second-order valence-electron chi connectivity index (χ2n) is 6.41. The van der Waals surface area contributed by atoms with Gasteiger partial charge in [0, 0.05) is 0 Å². The number of nitrogens with one attached hydrogen (secondary N) is 1. The molecule has 1 amide bonds. The van der Waals surface area contributed by atoms with Gasteiger partial charge < -0.3 is 4.74 Å². The Morgan fingerprint density at radius 2 is 2.09 bits per heavy atom. The molecule has 0 saturated heterocycles. The molecule has 6 heteroatoms. The Balaban J connectivity index is 2.24. The summed E-state index contributed by atoms with van der Waals surface area (Å²) in [6.07, 6.45) is 3.65. The molecule has 1 N–H and O–H groups in total. The summed E-state index contributed by atoms with van der Waals surface area (Å²) in [7, 11) is 0. The summed E-state index contributed by atoms with van der Waals surface area (Å²) in [5.74, 6) is 0. The first kappa shape index (κ1) is 16.5. The number of anilines is 1. The van der Waals surface area contributed by atoms with Gasteiger partial charge in [0.05, 0.1) is 16.2 Å². The Morgan fingerprint density at radius 1 is 1.41 bits per heavy atom. The number of rotatable bonds is 3. The minimum Gasteiger partial charge on any atom is -0.444 e. The van der Waals surface area contributed by atoms with Crippen LogP contribution in [0.5, 0.6) is 0 Å². The number of benzene rings is 1. The summed E-state index contributed by atoms with van der Waals surface area (Å²) in [4.78, 5) is 26.5. The fourth-order valence-corrected chi connectivity index (χ4v) is 2.55. The third kappa shape index (κ3) is 3.67. The molecule has 1 fully saturated rings. The van der Waals surface area contributed by atoms with E-state index in [1.165, 1.54) is 0 Å². The number of hydrogen-bond donors (Lipinski definition) is 1. The van der Waals surface area contributed by atoms with E-state index < -0.39 is 17.2 Å². The molecule has 0 aliphatic heterocycles. The molecule has 0 atom stereocenters. The smallest absolute Gasteiger partial charge is 0.412 e. The minimum atomic E-state index is -0.592. The predicted octanol–water partition coefficient (Wildman–Crippen LogP) is 4.40. The topological polar surface area (TPSA) is 67.8 Å². The lowest BCUT2D eigenvalue weighted by Crippen LogP contribution is -2.32. The van der Waals surface area contributed by atoms with Crippen LogP contribution in [0.4, 0.5) is 10.5 Å². The van der Waals surface area contributed by atoms with E-state index in [9.17, 15) is 9.59 Å². The van der Waals surface area contributed by atoms with Gasteiger partial charge in [0.1, 0.15) is 5.60 Å². The van der Waals surface area contributed by atoms with E-state index in [4.69, 9.17) is 16.3 Å². The third-order valence-electron chi connectivity index (χ3n) is 3.58. The van der Waals surface area contributed by atoms with Gasteiger partial charge in [-0.25, -0.2) is 9.59 Å². The van der Waals surface area contributed by atoms with Gasteiger partial charge in [-0.2, -0.15) is 4.99 Å². The van der Waals surface area contributed by atoms with Gasteiger partial charge in [0.2, 0.25) is 6.08 Å². The van der Waals surface area contributed by atoms with Crippen LogP contribution < -0.4 is 5.32 Å². The molecule has 1 aromatic rings. The van der Waals surface area contributed by atoms with Crippen LogP contribution in [0, 0.1) is 0 Å². The second-order valence-corrected chi connectivity index (χ2v) is 6.82. The summed E-state index contributed by atoms with van der Waals surface area (Å²) in [6.45, 7) is 5.35. The largest absolute Gasteiger partial charge is 0.444 e. The van der Waals surface area contributed by atoms with Crippen molar-refractivity contribution in [3.8, 4) is 0 Å². The van der Waals surface area contributed by atoms with Gasteiger partial charge in [-0.05, 0) is 57.7 Å². The molecule has 5 nitrogen and oxygen atoms in total. The Labute approximate surface area is 134 Å². The number of nitrogens with zero attached hydrogens (tertiary/aromatic N) is 1. The van der Waals surface area contributed by atoms with Crippen LogP contribution >= 0.6 is 11.6 Å². The first-order valence-corrected chi connectivity index (χ1v) is 7.53. The molecular weight excluding hydrogens is 304 g/mol. The fourth-order valence-electron chi connectivity index (χ4n) is 2.39. The SMILES string of the molecule is CC(C)(C)OC(=O)Nc1cc(C2(N=C=O)CCC2)ccc1Cl. The molecule has 1 aromatic carbocycles. The number of isocyanates is 1. The standard InChI is InChI=1S/C16H19ClN2O3/c1-15(2,3)22-14(21)19-13-9-11(5-6-12(13)17)16(18-10-20)7-4-8-16/h5-6,9H,4,7-8H2,1-3H3,(H,19,21). The van der Waals surface area contributed by atoms with Crippen LogP contribution in [0.15, 0.2) is 23.2 Å². The van der Waals surface area contributed by atoms with E-state index in [2.05, 4.69) is 10.3 Å². The van der Waals surface area contributed by atoms with E-state index in [1.807, 2.05) is 6.07 Å². The van der Waals surface area contributed by atoms with E-state index in [1.54, 1.807) is 39.0 Å². The van der Waals surface area contributed by atoms with Gasteiger partial charge in [-0.1, -0.05) is 17.7 Å². The van der Waals surface area contributed by atoms with Crippen molar-refractivity contribution in [1.82, 2.24) is 0 Å². The highest BCUT2D eigenvalue weighted by Crippen LogP contribution is 2.46. The molecule has 0 unspecified atom stereocenters. The van der Waals surface area contributed by atoms with Crippen LogP contribution in [-0.4, -0.2) is 17.8 Å². The lowest BCUT2D eigenvalue weighted by molar-refractivity contribution is 0.0636. The summed E-state index contributed by atoms with van der Waals surface area (Å²) in [6, 6.07) is 5.25. The van der Waals surface area contributed by atoms with Crippen molar-refractivity contribution in [3.63, 3.8) is 0 Å².